The molecule has 5 heteroatoms. The number of hydrogen-bond donors (Lipinski definition) is 2. The van der Waals surface area contributed by atoms with Gasteiger partial charge in [0.25, 0.3) is 0 Å². The minimum Gasteiger partial charge on any atom is -0.508 e. The molecule has 0 aliphatic heterocycles. The Balaban J connectivity index is 2.28. The molecule has 1 heterocycles. The first-order valence-corrected chi connectivity index (χ1v) is 7.77. The number of fused-ring (bicyclic) bond motifs is 1. The van der Waals surface area contributed by atoms with Crippen molar-refractivity contribution >= 4 is 28.5 Å². The van der Waals surface area contributed by atoms with Crippen LogP contribution in [0.2, 0.25) is 5.02 Å². The lowest BCUT2D eigenvalue weighted by Gasteiger charge is -2.11. The zero-order chi connectivity index (χ0) is 16.4. The summed E-state index contributed by atoms with van der Waals surface area (Å²) in [5.74, 6) is 0.457. The molecule has 0 aliphatic carbocycles. The van der Waals surface area contributed by atoms with Gasteiger partial charge in [0.2, 0.25) is 11.3 Å². The Kier molecular flexibility index (Phi) is 4.26. The number of nitrogens with one attached hydrogen (secondary N) is 1. The third-order valence-electron chi connectivity index (χ3n) is 3.54. The monoisotopic (exact) mass is 329 g/mol. The van der Waals surface area contributed by atoms with Gasteiger partial charge in [0, 0.05) is 17.6 Å². The van der Waals surface area contributed by atoms with E-state index >= 15 is 0 Å². The van der Waals surface area contributed by atoms with Crippen molar-refractivity contribution in [3.05, 3.63) is 57.7 Å². The van der Waals surface area contributed by atoms with E-state index in [1.165, 1.54) is 12.1 Å². The second-order valence-electron chi connectivity index (χ2n) is 5.25. The Hall–Kier alpha value is -2.46. The predicted octanol–water partition coefficient (Wildman–Crippen LogP) is 4.64. The summed E-state index contributed by atoms with van der Waals surface area (Å²) < 4.78 is 5.84. The van der Waals surface area contributed by atoms with Crippen LogP contribution in [0.5, 0.6) is 5.75 Å². The summed E-state index contributed by atoms with van der Waals surface area (Å²) in [6.45, 7) is 2.70. The molecule has 0 amide bonds. The fraction of sp³-hybridized carbons (Fsp3) is 0.167. The fourth-order valence-corrected chi connectivity index (χ4v) is 2.55. The van der Waals surface area contributed by atoms with Crippen LogP contribution in [0.1, 0.15) is 13.3 Å². The van der Waals surface area contributed by atoms with Crippen LogP contribution in [0, 0.1) is 0 Å². The van der Waals surface area contributed by atoms with Crippen LogP contribution in [0.15, 0.2) is 51.7 Å². The van der Waals surface area contributed by atoms with E-state index in [4.69, 9.17) is 16.0 Å². The summed E-state index contributed by atoms with van der Waals surface area (Å²) in [6.07, 6.45) is 0.891. The Morgan fingerprint density at radius 1 is 1.17 bits per heavy atom. The van der Waals surface area contributed by atoms with Crippen LogP contribution >= 0.6 is 11.6 Å². The maximum atomic E-state index is 12.9. The average molecular weight is 330 g/mol. The number of aromatic hydroxyl groups is 1. The standard InChI is InChI=1S/C18H16ClNO3/c1-2-9-20-18-16(11-3-5-12(19)6-4-11)17(22)14-8-7-13(21)10-15(14)23-18/h3-8,10,20-21H,2,9H2,1H3. The zero-order valence-electron chi connectivity index (χ0n) is 12.6. The van der Waals surface area contributed by atoms with Gasteiger partial charge in [-0.15, -0.1) is 0 Å². The summed E-state index contributed by atoms with van der Waals surface area (Å²) in [5, 5.41) is 13.8. The number of benzene rings is 2. The van der Waals surface area contributed by atoms with E-state index in [1.807, 2.05) is 6.92 Å². The average Bonchev–Trinajstić information content (AvgIpc) is 2.54. The smallest absolute Gasteiger partial charge is 0.205 e. The van der Waals surface area contributed by atoms with Gasteiger partial charge in [-0.3, -0.25) is 4.79 Å². The van der Waals surface area contributed by atoms with Crippen LogP contribution in [-0.2, 0) is 0 Å². The molecule has 4 nitrogen and oxygen atoms in total. The van der Waals surface area contributed by atoms with Crippen molar-refractivity contribution in [2.24, 2.45) is 0 Å². The lowest BCUT2D eigenvalue weighted by Crippen LogP contribution is -2.11. The molecule has 0 fully saturated rings. The quantitative estimate of drug-likeness (QED) is 0.732. The highest BCUT2D eigenvalue weighted by molar-refractivity contribution is 6.30. The number of phenolic OH excluding ortho intramolecular Hbond substituents is 1. The molecule has 0 spiro atoms. The number of rotatable bonds is 4. The first-order valence-electron chi connectivity index (χ1n) is 7.40. The van der Waals surface area contributed by atoms with Crippen LogP contribution in [-0.4, -0.2) is 11.7 Å². The molecule has 2 aromatic carbocycles. The van der Waals surface area contributed by atoms with E-state index in [-0.39, 0.29) is 11.2 Å². The van der Waals surface area contributed by atoms with Gasteiger partial charge >= 0.3 is 0 Å². The number of phenols is 1. The van der Waals surface area contributed by atoms with Gasteiger partial charge in [0.15, 0.2) is 0 Å². The highest BCUT2D eigenvalue weighted by atomic mass is 35.5. The van der Waals surface area contributed by atoms with Crippen molar-refractivity contribution in [1.82, 2.24) is 0 Å². The van der Waals surface area contributed by atoms with Gasteiger partial charge in [-0.2, -0.15) is 0 Å². The van der Waals surface area contributed by atoms with Crippen molar-refractivity contribution in [3.63, 3.8) is 0 Å². The Bertz CT molecular complexity index is 901. The van der Waals surface area contributed by atoms with E-state index in [2.05, 4.69) is 5.32 Å². The molecular weight excluding hydrogens is 314 g/mol. The highest BCUT2D eigenvalue weighted by Gasteiger charge is 2.16. The van der Waals surface area contributed by atoms with Gasteiger partial charge in [-0.05, 0) is 36.2 Å². The van der Waals surface area contributed by atoms with E-state index < -0.39 is 0 Å². The third kappa shape index (κ3) is 3.03. The lowest BCUT2D eigenvalue weighted by atomic mass is 10.0. The summed E-state index contributed by atoms with van der Waals surface area (Å²) in [4.78, 5) is 12.9. The van der Waals surface area contributed by atoms with E-state index in [1.54, 1.807) is 30.3 Å². The molecule has 0 bridgehead atoms. The van der Waals surface area contributed by atoms with Gasteiger partial charge < -0.3 is 14.8 Å². The van der Waals surface area contributed by atoms with Crippen molar-refractivity contribution in [1.29, 1.82) is 0 Å². The van der Waals surface area contributed by atoms with E-state index in [0.717, 1.165) is 12.0 Å². The van der Waals surface area contributed by atoms with Crippen LogP contribution in [0.25, 0.3) is 22.1 Å². The largest absolute Gasteiger partial charge is 0.508 e. The molecule has 0 unspecified atom stereocenters. The van der Waals surface area contributed by atoms with Crippen molar-refractivity contribution in [2.45, 2.75) is 13.3 Å². The Morgan fingerprint density at radius 3 is 2.61 bits per heavy atom. The summed E-state index contributed by atoms with van der Waals surface area (Å²) >= 11 is 5.93. The van der Waals surface area contributed by atoms with Gasteiger partial charge in [-0.1, -0.05) is 30.7 Å². The molecule has 0 aliphatic rings. The first-order chi connectivity index (χ1) is 11.1. The highest BCUT2D eigenvalue weighted by Crippen LogP contribution is 2.30. The maximum absolute atomic E-state index is 12.9. The molecular formula is C18H16ClNO3. The second kappa shape index (κ2) is 6.34. The van der Waals surface area contributed by atoms with E-state index in [9.17, 15) is 9.90 Å². The van der Waals surface area contributed by atoms with Crippen molar-refractivity contribution in [3.8, 4) is 16.9 Å². The van der Waals surface area contributed by atoms with Crippen LogP contribution in [0.4, 0.5) is 5.88 Å². The third-order valence-corrected chi connectivity index (χ3v) is 3.80. The molecule has 3 aromatic rings. The molecule has 0 saturated carbocycles. The first kappa shape index (κ1) is 15.4. The molecule has 0 radical (unpaired) electrons. The molecule has 118 valence electrons. The molecule has 3 rings (SSSR count). The van der Waals surface area contributed by atoms with Crippen molar-refractivity contribution < 1.29 is 9.52 Å². The Labute approximate surface area is 138 Å². The number of anilines is 1. The lowest BCUT2D eigenvalue weighted by molar-refractivity contribution is 0.474. The molecule has 2 N–H and O–H groups in total. The predicted molar refractivity (Wildman–Crippen MR) is 93.4 cm³/mol. The van der Waals surface area contributed by atoms with E-state index in [0.29, 0.717) is 34.0 Å². The Morgan fingerprint density at radius 2 is 1.91 bits per heavy atom. The summed E-state index contributed by atoms with van der Waals surface area (Å²) in [7, 11) is 0. The summed E-state index contributed by atoms with van der Waals surface area (Å²) in [6, 6.07) is 11.5. The molecule has 23 heavy (non-hydrogen) atoms. The topological polar surface area (TPSA) is 62.5 Å². The van der Waals surface area contributed by atoms with Crippen molar-refractivity contribution in [2.75, 3.05) is 11.9 Å². The zero-order valence-corrected chi connectivity index (χ0v) is 13.4. The fourth-order valence-electron chi connectivity index (χ4n) is 2.42. The minimum absolute atomic E-state index is 0.0568. The SMILES string of the molecule is CCCNc1oc2cc(O)ccc2c(=O)c1-c1ccc(Cl)cc1. The number of hydrogen-bond acceptors (Lipinski definition) is 4. The van der Waals surface area contributed by atoms with Crippen LogP contribution in [0.3, 0.4) is 0 Å². The summed E-state index contributed by atoms with van der Waals surface area (Å²) in [5.41, 5.74) is 1.41. The minimum atomic E-state index is -0.146. The number of halogens is 1. The van der Waals surface area contributed by atoms with Crippen LogP contribution < -0.4 is 10.7 Å². The second-order valence-corrected chi connectivity index (χ2v) is 5.69. The molecule has 1 aromatic heterocycles. The molecule has 0 saturated heterocycles. The van der Waals surface area contributed by atoms with Gasteiger partial charge in [0.1, 0.15) is 11.3 Å². The normalized spacial score (nSPS) is 10.9. The van der Waals surface area contributed by atoms with Gasteiger partial charge in [-0.25, -0.2) is 0 Å². The van der Waals surface area contributed by atoms with Gasteiger partial charge in [0.05, 0.1) is 10.9 Å². The molecule has 0 atom stereocenters. The maximum Gasteiger partial charge on any atom is 0.205 e.